The molecule has 0 aromatic rings. The fourth-order valence-corrected chi connectivity index (χ4v) is 2.05. The summed E-state index contributed by atoms with van der Waals surface area (Å²) in [7, 11) is 4.00. The highest BCUT2D eigenvalue weighted by molar-refractivity contribution is 5.85. The second-order valence-corrected chi connectivity index (χ2v) is 4.71. The van der Waals surface area contributed by atoms with Crippen molar-refractivity contribution < 1.29 is 4.79 Å². The molecule has 1 amide bonds. The third-order valence-electron chi connectivity index (χ3n) is 3.05. The van der Waals surface area contributed by atoms with Gasteiger partial charge in [0, 0.05) is 25.6 Å². The van der Waals surface area contributed by atoms with Gasteiger partial charge in [0.15, 0.2) is 0 Å². The Balaban J connectivity index is 0.00000225. The summed E-state index contributed by atoms with van der Waals surface area (Å²) in [5, 5.41) is 2.93. The molecule has 4 nitrogen and oxygen atoms in total. The van der Waals surface area contributed by atoms with Gasteiger partial charge in [0.25, 0.3) is 0 Å². The molecule has 16 heavy (non-hydrogen) atoms. The lowest BCUT2D eigenvalue weighted by atomic mass is 10.00. The van der Waals surface area contributed by atoms with E-state index < -0.39 is 0 Å². The topological polar surface area (TPSA) is 58.4 Å². The van der Waals surface area contributed by atoms with E-state index in [1.165, 1.54) is 6.42 Å². The molecule has 0 spiro atoms. The molecule has 1 rings (SSSR count). The summed E-state index contributed by atoms with van der Waals surface area (Å²) in [5.41, 5.74) is 5.92. The Bertz CT molecular complexity index is 211. The second-order valence-electron chi connectivity index (χ2n) is 4.71. The number of carbonyl (C=O) groups excluding carboxylic acids is 1. The molecule has 0 aromatic carbocycles. The Morgan fingerprint density at radius 1 is 1.44 bits per heavy atom. The first kappa shape index (κ1) is 15.7. The van der Waals surface area contributed by atoms with E-state index in [0.29, 0.717) is 12.3 Å². The Hall–Kier alpha value is -0.320. The lowest BCUT2D eigenvalue weighted by Crippen LogP contribution is -2.34. The summed E-state index contributed by atoms with van der Waals surface area (Å²) in [5.74, 6) is 0.559. The standard InChI is InChI=1S/C11H23N3O.ClH/c1-14(2)7-6-13-11(15)8-9-4-3-5-10(9)12;/h9-10H,3-8,12H2,1-2H3,(H,13,15);1H/t9-,10+;/m0./s1. The van der Waals surface area contributed by atoms with Crippen LogP contribution in [-0.4, -0.2) is 44.0 Å². The van der Waals surface area contributed by atoms with Crippen LogP contribution in [0.1, 0.15) is 25.7 Å². The first-order chi connectivity index (χ1) is 7.09. The summed E-state index contributed by atoms with van der Waals surface area (Å²) >= 11 is 0. The maximum absolute atomic E-state index is 11.5. The number of nitrogens with two attached hydrogens (primary N) is 1. The highest BCUT2D eigenvalue weighted by Gasteiger charge is 2.25. The van der Waals surface area contributed by atoms with Gasteiger partial charge in [-0.05, 0) is 32.9 Å². The minimum Gasteiger partial charge on any atom is -0.355 e. The smallest absolute Gasteiger partial charge is 0.220 e. The molecule has 0 radical (unpaired) electrons. The first-order valence-corrected chi connectivity index (χ1v) is 5.76. The number of rotatable bonds is 5. The molecule has 5 heteroatoms. The molecule has 2 atom stereocenters. The summed E-state index contributed by atoms with van der Waals surface area (Å²) in [6.07, 6.45) is 3.98. The predicted molar refractivity (Wildman–Crippen MR) is 68.7 cm³/mol. The maximum Gasteiger partial charge on any atom is 0.220 e. The molecule has 0 aromatic heterocycles. The third-order valence-corrected chi connectivity index (χ3v) is 3.05. The quantitative estimate of drug-likeness (QED) is 0.751. The maximum atomic E-state index is 11.5. The van der Waals surface area contributed by atoms with Crippen molar-refractivity contribution >= 4 is 18.3 Å². The molecular weight excluding hydrogens is 226 g/mol. The number of likely N-dealkylation sites (N-methyl/N-ethyl adjacent to an activating group) is 1. The Morgan fingerprint density at radius 2 is 2.12 bits per heavy atom. The highest BCUT2D eigenvalue weighted by Crippen LogP contribution is 2.26. The van der Waals surface area contributed by atoms with Gasteiger partial charge in [-0.2, -0.15) is 0 Å². The van der Waals surface area contributed by atoms with Crippen molar-refractivity contribution in [3.05, 3.63) is 0 Å². The van der Waals surface area contributed by atoms with E-state index in [1.54, 1.807) is 0 Å². The normalized spacial score (nSPS) is 24.2. The van der Waals surface area contributed by atoms with Gasteiger partial charge in [0.2, 0.25) is 5.91 Å². The van der Waals surface area contributed by atoms with E-state index in [2.05, 4.69) is 10.2 Å². The molecule has 1 saturated carbocycles. The van der Waals surface area contributed by atoms with Gasteiger partial charge in [0.1, 0.15) is 0 Å². The van der Waals surface area contributed by atoms with E-state index >= 15 is 0 Å². The van der Waals surface area contributed by atoms with E-state index in [0.717, 1.165) is 25.9 Å². The number of halogens is 1. The van der Waals surface area contributed by atoms with Crippen LogP contribution >= 0.6 is 12.4 Å². The molecule has 1 fully saturated rings. The minimum atomic E-state index is 0. The zero-order valence-electron chi connectivity index (χ0n) is 10.2. The van der Waals surface area contributed by atoms with E-state index in [-0.39, 0.29) is 24.4 Å². The number of carbonyl (C=O) groups is 1. The molecule has 1 aliphatic carbocycles. The van der Waals surface area contributed by atoms with E-state index in [4.69, 9.17) is 5.73 Å². The molecule has 0 aliphatic heterocycles. The van der Waals surface area contributed by atoms with Gasteiger partial charge < -0.3 is 16.0 Å². The number of hydrogen-bond donors (Lipinski definition) is 2. The van der Waals surface area contributed by atoms with Crippen LogP contribution in [0.15, 0.2) is 0 Å². The first-order valence-electron chi connectivity index (χ1n) is 5.76. The predicted octanol–water partition coefficient (Wildman–Crippen LogP) is 0.603. The van der Waals surface area contributed by atoms with Crippen LogP contribution in [0.4, 0.5) is 0 Å². The number of nitrogens with zero attached hydrogens (tertiary/aromatic N) is 1. The van der Waals surface area contributed by atoms with Crippen LogP contribution in [-0.2, 0) is 4.79 Å². The molecule has 0 saturated heterocycles. The molecule has 96 valence electrons. The lowest BCUT2D eigenvalue weighted by molar-refractivity contribution is -0.122. The summed E-state index contributed by atoms with van der Waals surface area (Å²) in [6, 6.07) is 0.240. The third kappa shape index (κ3) is 5.68. The number of amides is 1. The average Bonchev–Trinajstić information content (AvgIpc) is 2.51. The number of hydrogen-bond acceptors (Lipinski definition) is 3. The van der Waals surface area contributed by atoms with E-state index in [1.807, 2.05) is 14.1 Å². The Labute approximate surface area is 104 Å². The SMILES string of the molecule is CN(C)CCNC(=O)C[C@@H]1CCC[C@H]1N.Cl. The second kappa shape index (κ2) is 7.87. The molecule has 3 N–H and O–H groups in total. The Kier molecular flexibility index (Phi) is 7.72. The molecular formula is C11H24ClN3O. The van der Waals surface area contributed by atoms with Crippen LogP contribution in [0.25, 0.3) is 0 Å². The van der Waals surface area contributed by atoms with Crippen LogP contribution in [0.5, 0.6) is 0 Å². The number of nitrogens with one attached hydrogen (secondary N) is 1. The fraction of sp³-hybridized carbons (Fsp3) is 0.909. The van der Waals surface area contributed by atoms with Gasteiger partial charge in [-0.1, -0.05) is 6.42 Å². The van der Waals surface area contributed by atoms with Gasteiger partial charge >= 0.3 is 0 Å². The molecule has 1 aliphatic rings. The van der Waals surface area contributed by atoms with Crippen LogP contribution < -0.4 is 11.1 Å². The summed E-state index contributed by atoms with van der Waals surface area (Å²) in [4.78, 5) is 13.6. The van der Waals surface area contributed by atoms with E-state index in [9.17, 15) is 4.79 Å². The summed E-state index contributed by atoms with van der Waals surface area (Å²) < 4.78 is 0. The van der Waals surface area contributed by atoms with Crippen molar-refractivity contribution in [3.8, 4) is 0 Å². The van der Waals surface area contributed by atoms with Gasteiger partial charge in [-0.15, -0.1) is 12.4 Å². The monoisotopic (exact) mass is 249 g/mol. The summed E-state index contributed by atoms with van der Waals surface area (Å²) in [6.45, 7) is 1.62. The fourth-order valence-electron chi connectivity index (χ4n) is 2.05. The van der Waals surface area contributed by atoms with Gasteiger partial charge in [0.05, 0.1) is 0 Å². The van der Waals surface area contributed by atoms with Crippen molar-refractivity contribution in [2.45, 2.75) is 31.7 Å². The van der Waals surface area contributed by atoms with Crippen molar-refractivity contribution in [1.82, 2.24) is 10.2 Å². The van der Waals surface area contributed by atoms with Crippen LogP contribution in [0, 0.1) is 5.92 Å². The Morgan fingerprint density at radius 3 is 2.62 bits per heavy atom. The molecule has 0 unspecified atom stereocenters. The largest absolute Gasteiger partial charge is 0.355 e. The zero-order valence-corrected chi connectivity index (χ0v) is 11.1. The van der Waals surface area contributed by atoms with Crippen LogP contribution in [0.2, 0.25) is 0 Å². The average molecular weight is 250 g/mol. The van der Waals surface area contributed by atoms with Crippen molar-refractivity contribution in [2.24, 2.45) is 11.7 Å². The van der Waals surface area contributed by atoms with Crippen molar-refractivity contribution in [1.29, 1.82) is 0 Å². The van der Waals surface area contributed by atoms with Crippen LogP contribution in [0.3, 0.4) is 0 Å². The zero-order chi connectivity index (χ0) is 11.3. The van der Waals surface area contributed by atoms with Gasteiger partial charge in [-0.25, -0.2) is 0 Å². The highest BCUT2D eigenvalue weighted by atomic mass is 35.5. The van der Waals surface area contributed by atoms with Gasteiger partial charge in [-0.3, -0.25) is 4.79 Å². The minimum absolute atomic E-state index is 0. The molecule has 0 bridgehead atoms. The van der Waals surface area contributed by atoms with Crippen molar-refractivity contribution in [3.63, 3.8) is 0 Å². The van der Waals surface area contributed by atoms with Crippen molar-refractivity contribution in [2.75, 3.05) is 27.2 Å². The molecule has 0 heterocycles. The lowest BCUT2D eigenvalue weighted by Gasteiger charge is -2.15.